The summed E-state index contributed by atoms with van der Waals surface area (Å²) in [5, 5.41) is -0.0282. The van der Waals surface area contributed by atoms with Crippen LogP contribution in [0.4, 0.5) is 0 Å². The van der Waals surface area contributed by atoms with E-state index in [0.717, 1.165) is 30.0 Å². The summed E-state index contributed by atoms with van der Waals surface area (Å²) in [4.78, 5) is 16.1. The van der Waals surface area contributed by atoms with E-state index in [1.807, 2.05) is 29.2 Å². The van der Waals surface area contributed by atoms with Gasteiger partial charge in [-0.05, 0) is 48.2 Å². The van der Waals surface area contributed by atoms with Crippen molar-refractivity contribution in [3.8, 4) is 5.75 Å². The van der Waals surface area contributed by atoms with Crippen molar-refractivity contribution in [3.05, 3.63) is 59.7 Å². The zero-order valence-corrected chi connectivity index (χ0v) is 15.0. The number of carbonyl (C=O) groups is 1. The monoisotopic (exact) mass is 341 g/mol. The minimum atomic E-state index is -0.0282. The van der Waals surface area contributed by atoms with Crippen LogP contribution in [-0.4, -0.2) is 29.7 Å². The molecule has 1 aliphatic rings. The van der Waals surface area contributed by atoms with Gasteiger partial charge in [0.1, 0.15) is 5.75 Å². The highest BCUT2D eigenvalue weighted by atomic mass is 32.2. The second kappa shape index (κ2) is 7.75. The van der Waals surface area contributed by atoms with Crippen molar-refractivity contribution in [1.82, 2.24) is 4.90 Å². The van der Waals surface area contributed by atoms with Crippen LogP contribution in [0, 0.1) is 0 Å². The average Bonchev–Trinajstić information content (AvgIpc) is 2.65. The lowest BCUT2D eigenvalue weighted by molar-refractivity contribution is -0.131. The van der Waals surface area contributed by atoms with Crippen molar-refractivity contribution in [3.63, 3.8) is 0 Å². The molecule has 0 spiro atoms. The van der Waals surface area contributed by atoms with Gasteiger partial charge in [-0.25, -0.2) is 0 Å². The highest BCUT2D eigenvalue weighted by Gasteiger charge is 2.27. The normalized spacial score (nSPS) is 14.8. The van der Waals surface area contributed by atoms with E-state index in [0.29, 0.717) is 6.54 Å². The topological polar surface area (TPSA) is 29.5 Å². The summed E-state index contributed by atoms with van der Waals surface area (Å²) in [6, 6.07) is 16.3. The summed E-state index contributed by atoms with van der Waals surface area (Å²) in [6.45, 7) is 3.56. The number of rotatable bonds is 5. The van der Waals surface area contributed by atoms with Gasteiger partial charge in [-0.1, -0.05) is 31.2 Å². The largest absolute Gasteiger partial charge is 0.497 e. The van der Waals surface area contributed by atoms with E-state index in [2.05, 4.69) is 31.2 Å². The van der Waals surface area contributed by atoms with Gasteiger partial charge < -0.3 is 9.64 Å². The predicted molar refractivity (Wildman–Crippen MR) is 98.5 cm³/mol. The maximum atomic E-state index is 13.0. The van der Waals surface area contributed by atoms with E-state index < -0.39 is 0 Å². The van der Waals surface area contributed by atoms with Crippen LogP contribution < -0.4 is 4.74 Å². The zero-order chi connectivity index (χ0) is 16.9. The van der Waals surface area contributed by atoms with Gasteiger partial charge in [0.2, 0.25) is 5.91 Å². The molecule has 126 valence electrons. The lowest BCUT2D eigenvalue weighted by atomic mass is 9.99. The van der Waals surface area contributed by atoms with Gasteiger partial charge in [0.05, 0.1) is 12.4 Å². The number of hydrogen-bond donors (Lipinski definition) is 0. The number of methoxy groups -OCH3 is 1. The summed E-state index contributed by atoms with van der Waals surface area (Å²) in [7, 11) is 1.68. The molecule has 0 N–H and O–H groups in total. The summed E-state index contributed by atoms with van der Waals surface area (Å²) in [6.07, 6.45) is 1.75. The Morgan fingerprint density at radius 1 is 1.21 bits per heavy atom. The molecule has 3 rings (SSSR count). The molecule has 1 amide bonds. The second-order valence-electron chi connectivity index (χ2n) is 5.97. The van der Waals surface area contributed by atoms with Crippen LogP contribution in [-0.2, 0) is 17.8 Å². The van der Waals surface area contributed by atoms with Crippen molar-refractivity contribution < 1.29 is 9.53 Å². The Labute approximate surface area is 148 Å². The Morgan fingerprint density at radius 2 is 2.00 bits per heavy atom. The maximum Gasteiger partial charge on any atom is 0.236 e. The third-order valence-corrected chi connectivity index (χ3v) is 5.77. The van der Waals surface area contributed by atoms with Crippen molar-refractivity contribution in [2.75, 3.05) is 13.7 Å². The first-order valence-corrected chi connectivity index (χ1v) is 9.25. The predicted octanol–water partition coefficient (Wildman–Crippen LogP) is 4.15. The zero-order valence-electron chi connectivity index (χ0n) is 14.2. The lowest BCUT2D eigenvalue weighted by Crippen LogP contribution is -2.40. The van der Waals surface area contributed by atoms with Gasteiger partial charge in [-0.3, -0.25) is 4.79 Å². The fourth-order valence-corrected chi connectivity index (χ4v) is 4.08. The number of hydrogen-bond acceptors (Lipinski definition) is 3. The first kappa shape index (κ1) is 16.9. The third-order valence-electron chi connectivity index (χ3n) is 4.41. The number of thioether (sulfide) groups is 1. The Balaban J connectivity index is 1.72. The quantitative estimate of drug-likeness (QED) is 0.765. The van der Waals surface area contributed by atoms with Crippen LogP contribution in [0.25, 0.3) is 0 Å². The minimum Gasteiger partial charge on any atom is -0.497 e. The van der Waals surface area contributed by atoms with E-state index in [9.17, 15) is 4.79 Å². The van der Waals surface area contributed by atoms with Gasteiger partial charge in [0.25, 0.3) is 0 Å². The number of ether oxygens (including phenoxy) is 1. The van der Waals surface area contributed by atoms with Crippen LogP contribution in [0.5, 0.6) is 5.75 Å². The summed E-state index contributed by atoms with van der Waals surface area (Å²) >= 11 is 1.66. The molecule has 2 aromatic carbocycles. The molecule has 1 unspecified atom stereocenters. The summed E-state index contributed by atoms with van der Waals surface area (Å²) < 4.78 is 5.32. The van der Waals surface area contributed by atoms with E-state index >= 15 is 0 Å². The van der Waals surface area contributed by atoms with E-state index in [1.54, 1.807) is 18.9 Å². The molecule has 0 radical (unpaired) electrons. The van der Waals surface area contributed by atoms with Crippen molar-refractivity contribution >= 4 is 17.7 Å². The van der Waals surface area contributed by atoms with Gasteiger partial charge in [0, 0.05) is 18.0 Å². The van der Waals surface area contributed by atoms with Crippen LogP contribution in [0.15, 0.2) is 53.4 Å². The number of amides is 1. The van der Waals surface area contributed by atoms with Gasteiger partial charge in [-0.15, -0.1) is 11.8 Å². The molecule has 0 aliphatic carbocycles. The van der Waals surface area contributed by atoms with Crippen molar-refractivity contribution in [1.29, 1.82) is 0 Å². The fraction of sp³-hybridized carbons (Fsp3) is 0.350. The molecular formula is C20H23NO2S. The SMILES string of the molecule is CCC(Sc1ccccc1)C(=O)N1CCc2ccc(OC)cc2C1. The van der Waals surface area contributed by atoms with E-state index in [-0.39, 0.29) is 11.2 Å². The molecule has 0 aromatic heterocycles. The van der Waals surface area contributed by atoms with E-state index in [4.69, 9.17) is 4.74 Å². The van der Waals surface area contributed by atoms with Crippen LogP contribution in [0.3, 0.4) is 0 Å². The van der Waals surface area contributed by atoms with Crippen molar-refractivity contribution in [2.45, 2.75) is 36.5 Å². The Bertz CT molecular complexity index is 702. The maximum absolute atomic E-state index is 13.0. The molecule has 1 aliphatic heterocycles. The summed E-state index contributed by atoms with van der Waals surface area (Å²) in [5.74, 6) is 1.09. The number of carbonyl (C=O) groups excluding carboxylic acids is 1. The molecule has 0 saturated heterocycles. The highest BCUT2D eigenvalue weighted by molar-refractivity contribution is 8.00. The molecule has 1 heterocycles. The average molecular weight is 341 g/mol. The van der Waals surface area contributed by atoms with Crippen LogP contribution in [0.2, 0.25) is 0 Å². The van der Waals surface area contributed by atoms with Gasteiger partial charge >= 0.3 is 0 Å². The molecule has 1 atom stereocenters. The molecule has 0 saturated carbocycles. The minimum absolute atomic E-state index is 0.0282. The van der Waals surface area contributed by atoms with Crippen LogP contribution in [0.1, 0.15) is 24.5 Å². The standard InChI is InChI=1S/C20H23NO2S/c1-3-19(24-18-7-5-4-6-8-18)20(22)21-12-11-15-9-10-17(23-2)13-16(15)14-21/h4-10,13,19H,3,11-12,14H2,1-2H3. The number of fused-ring (bicyclic) bond motifs is 1. The fourth-order valence-electron chi connectivity index (χ4n) is 3.02. The second-order valence-corrected chi connectivity index (χ2v) is 7.25. The Kier molecular flexibility index (Phi) is 5.46. The van der Waals surface area contributed by atoms with Crippen molar-refractivity contribution in [2.24, 2.45) is 0 Å². The Hall–Kier alpha value is -1.94. The molecule has 0 fully saturated rings. The number of nitrogens with zero attached hydrogens (tertiary/aromatic N) is 1. The smallest absolute Gasteiger partial charge is 0.236 e. The molecule has 4 heteroatoms. The number of benzene rings is 2. The first-order chi connectivity index (χ1) is 11.7. The Morgan fingerprint density at radius 3 is 2.71 bits per heavy atom. The molecular weight excluding hydrogens is 318 g/mol. The highest BCUT2D eigenvalue weighted by Crippen LogP contribution is 2.29. The van der Waals surface area contributed by atoms with E-state index in [1.165, 1.54) is 11.1 Å². The molecule has 0 bridgehead atoms. The first-order valence-electron chi connectivity index (χ1n) is 8.37. The summed E-state index contributed by atoms with van der Waals surface area (Å²) in [5.41, 5.74) is 2.53. The molecule has 3 nitrogen and oxygen atoms in total. The molecule has 24 heavy (non-hydrogen) atoms. The van der Waals surface area contributed by atoms with Gasteiger partial charge in [-0.2, -0.15) is 0 Å². The lowest BCUT2D eigenvalue weighted by Gasteiger charge is -2.31. The van der Waals surface area contributed by atoms with Gasteiger partial charge in [0.15, 0.2) is 0 Å². The van der Waals surface area contributed by atoms with Crippen LogP contribution >= 0.6 is 11.8 Å². The third kappa shape index (κ3) is 3.75. The molecule has 2 aromatic rings.